The molecule has 1 N–H and O–H groups in total. The molecule has 0 unspecified atom stereocenters. The molecule has 0 fully saturated rings. The largest absolute Gasteiger partial charge is 0.497 e. The molecular formula is C23H20FN3O5S. The normalized spacial score (nSPS) is 10.9. The number of anilines is 1. The van der Waals surface area contributed by atoms with Crippen molar-refractivity contribution in [1.29, 1.82) is 0 Å². The molecule has 2 heterocycles. The van der Waals surface area contributed by atoms with Gasteiger partial charge in [-0.2, -0.15) is 0 Å². The predicted octanol–water partition coefficient (Wildman–Crippen LogP) is 3.07. The minimum atomic E-state index is -0.625. The third-order valence-corrected chi connectivity index (χ3v) is 5.94. The molecule has 170 valence electrons. The Balaban J connectivity index is 1.68. The topological polar surface area (TPSA) is 91.6 Å². The van der Waals surface area contributed by atoms with Crippen molar-refractivity contribution < 1.29 is 18.7 Å². The van der Waals surface area contributed by atoms with Crippen LogP contribution in [0.15, 0.2) is 63.5 Å². The maximum Gasteiger partial charge on any atom is 0.332 e. The second-order valence-corrected chi connectivity index (χ2v) is 8.06. The summed E-state index contributed by atoms with van der Waals surface area (Å²) in [5, 5.41) is 4.26. The lowest BCUT2D eigenvalue weighted by atomic mass is 10.2. The van der Waals surface area contributed by atoms with Gasteiger partial charge in [-0.25, -0.2) is 9.18 Å². The summed E-state index contributed by atoms with van der Waals surface area (Å²) in [6, 6.07) is 12.7. The van der Waals surface area contributed by atoms with E-state index in [-0.39, 0.29) is 24.5 Å². The summed E-state index contributed by atoms with van der Waals surface area (Å²) >= 11 is 1.19. The summed E-state index contributed by atoms with van der Waals surface area (Å²) in [5.74, 6) is -0.515. The van der Waals surface area contributed by atoms with Crippen molar-refractivity contribution in [3.8, 4) is 11.5 Å². The first-order valence-corrected chi connectivity index (χ1v) is 10.8. The Morgan fingerprint density at radius 1 is 1.06 bits per heavy atom. The van der Waals surface area contributed by atoms with E-state index in [0.717, 1.165) is 10.6 Å². The standard InChI is InChI=1S/C23H20FN3O5S/c1-31-16-5-3-4-14(10-16)12-27-22(29)21-18(8-9-33-21)26(23(27)30)13-20(28)25-15-6-7-19(32-2)17(24)11-15/h3-11H,12-13H2,1-2H3,(H,25,28). The Morgan fingerprint density at radius 2 is 1.88 bits per heavy atom. The Morgan fingerprint density at radius 3 is 2.61 bits per heavy atom. The van der Waals surface area contributed by atoms with Gasteiger partial charge < -0.3 is 14.8 Å². The van der Waals surface area contributed by atoms with E-state index in [0.29, 0.717) is 21.5 Å². The Kier molecular flexibility index (Phi) is 6.27. The van der Waals surface area contributed by atoms with Crippen molar-refractivity contribution >= 4 is 33.1 Å². The van der Waals surface area contributed by atoms with E-state index in [9.17, 15) is 18.8 Å². The zero-order valence-corrected chi connectivity index (χ0v) is 18.6. The lowest BCUT2D eigenvalue weighted by Gasteiger charge is -2.13. The van der Waals surface area contributed by atoms with Gasteiger partial charge in [0.2, 0.25) is 5.91 Å². The third-order valence-electron chi connectivity index (χ3n) is 5.05. The highest BCUT2D eigenvalue weighted by molar-refractivity contribution is 7.17. The second-order valence-electron chi connectivity index (χ2n) is 7.14. The molecule has 1 amide bonds. The zero-order chi connectivity index (χ0) is 23.5. The van der Waals surface area contributed by atoms with Crippen LogP contribution in [-0.4, -0.2) is 29.3 Å². The molecular weight excluding hydrogens is 449 g/mol. The number of nitrogens with one attached hydrogen (secondary N) is 1. The maximum absolute atomic E-state index is 13.9. The highest BCUT2D eigenvalue weighted by atomic mass is 32.1. The van der Waals surface area contributed by atoms with Crippen LogP contribution in [0, 0.1) is 5.82 Å². The van der Waals surface area contributed by atoms with E-state index >= 15 is 0 Å². The van der Waals surface area contributed by atoms with Gasteiger partial charge in [0.1, 0.15) is 17.0 Å². The lowest BCUT2D eigenvalue weighted by Crippen LogP contribution is -2.41. The van der Waals surface area contributed by atoms with Gasteiger partial charge in [0.15, 0.2) is 11.6 Å². The quantitative estimate of drug-likeness (QED) is 0.449. The minimum Gasteiger partial charge on any atom is -0.497 e. The first kappa shape index (κ1) is 22.3. The molecule has 8 nitrogen and oxygen atoms in total. The van der Waals surface area contributed by atoms with Crippen molar-refractivity contribution in [1.82, 2.24) is 9.13 Å². The van der Waals surface area contributed by atoms with Gasteiger partial charge in [-0.15, -0.1) is 11.3 Å². The van der Waals surface area contributed by atoms with Gasteiger partial charge in [0, 0.05) is 11.8 Å². The number of aromatic nitrogens is 2. The van der Waals surface area contributed by atoms with Crippen LogP contribution in [0.1, 0.15) is 5.56 Å². The van der Waals surface area contributed by atoms with E-state index in [4.69, 9.17) is 9.47 Å². The maximum atomic E-state index is 13.9. The molecule has 0 aliphatic heterocycles. The second kappa shape index (κ2) is 9.29. The molecule has 0 aliphatic carbocycles. The fourth-order valence-corrected chi connectivity index (χ4v) is 4.31. The summed E-state index contributed by atoms with van der Waals surface area (Å²) in [6.07, 6.45) is 0. The molecule has 0 radical (unpaired) electrons. The molecule has 0 atom stereocenters. The fraction of sp³-hybridized carbons (Fsp3) is 0.174. The molecule has 4 aromatic rings. The number of carbonyl (C=O) groups excluding carboxylic acids is 1. The summed E-state index contributed by atoms with van der Waals surface area (Å²) in [5.41, 5.74) is 0.242. The number of hydrogen-bond acceptors (Lipinski definition) is 6. The number of rotatable bonds is 7. The number of halogens is 1. The molecule has 10 heteroatoms. The van der Waals surface area contributed by atoms with Crippen LogP contribution in [0.5, 0.6) is 11.5 Å². The average Bonchev–Trinajstić information content (AvgIpc) is 3.30. The van der Waals surface area contributed by atoms with E-state index in [1.165, 1.54) is 42.3 Å². The number of nitrogens with zero attached hydrogens (tertiary/aromatic N) is 2. The van der Waals surface area contributed by atoms with Crippen LogP contribution >= 0.6 is 11.3 Å². The first-order chi connectivity index (χ1) is 15.9. The van der Waals surface area contributed by atoms with Crippen LogP contribution in [0.2, 0.25) is 0 Å². The van der Waals surface area contributed by atoms with Crippen LogP contribution in [0.25, 0.3) is 10.2 Å². The van der Waals surface area contributed by atoms with Gasteiger partial charge in [0.05, 0.1) is 26.3 Å². The molecule has 2 aromatic carbocycles. The van der Waals surface area contributed by atoms with Crippen molar-refractivity contribution in [3.05, 3.63) is 86.1 Å². The van der Waals surface area contributed by atoms with Crippen LogP contribution in [0.4, 0.5) is 10.1 Å². The Labute approximate surface area is 191 Å². The summed E-state index contributed by atoms with van der Waals surface area (Å²) < 4.78 is 26.7. The minimum absolute atomic E-state index is 0.0218. The van der Waals surface area contributed by atoms with Crippen molar-refractivity contribution in [2.75, 3.05) is 19.5 Å². The summed E-state index contributed by atoms with van der Waals surface area (Å²) in [7, 11) is 2.87. The predicted molar refractivity (Wildman–Crippen MR) is 124 cm³/mol. The van der Waals surface area contributed by atoms with Crippen LogP contribution in [-0.2, 0) is 17.9 Å². The monoisotopic (exact) mass is 469 g/mol. The molecule has 4 rings (SSSR count). The summed E-state index contributed by atoms with van der Waals surface area (Å²) in [6.45, 7) is -0.327. The SMILES string of the molecule is COc1cccc(Cn2c(=O)c3sccc3n(CC(=O)Nc3ccc(OC)c(F)c3)c2=O)c1. The number of thiophene rings is 1. The number of hydrogen-bond donors (Lipinski definition) is 1. The van der Waals surface area contributed by atoms with Gasteiger partial charge in [-0.05, 0) is 41.3 Å². The number of ether oxygens (including phenoxy) is 2. The molecule has 2 aromatic heterocycles. The molecule has 0 saturated carbocycles. The highest BCUT2D eigenvalue weighted by Crippen LogP contribution is 2.21. The summed E-state index contributed by atoms with van der Waals surface area (Å²) in [4.78, 5) is 38.9. The molecule has 0 bridgehead atoms. The average molecular weight is 469 g/mol. The van der Waals surface area contributed by atoms with Crippen LogP contribution in [0.3, 0.4) is 0 Å². The van der Waals surface area contributed by atoms with Crippen molar-refractivity contribution in [2.45, 2.75) is 13.1 Å². The van der Waals surface area contributed by atoms with E-state index < -0.39 is 23.0 Å². The number of methoxy groups -OCH3 is 2. The van der Waals surface area contributed by atoms with Gasteiger partial charge >= 0.3 is 5.69 Å². The number of benzene rings is 2. The van der Waals surface area contributed by atoms with Crippen molar-refractivity contribution in [2.24, 2.45) is 0 Å². The fourth-order valence-electron chi connectivity index (χ4n) is 3.47. The number of carbonyl (C=O) groups is 1. The molecule has 0 saturated heterocycles. The highest BCUT2D eigenvalue weighted by Gasteiger charge is 2.17. The van der Waals surface area contributed by atoms with E-state index in [1.54, 1.807) is 35.7 Å². The smallest absolute Gasteiger partial charge is 0.332 e. The molecule has 0 spiro atoms. The number of amides is 1. The van der Waals surface area contributed by atoms with E-state index in [2.05, 4.69) is 5.32 Å². The van der Waals surface area contributed by atoms with Crippen molar-refractivity contribution in [3.63, 3.8) is 0 Å². The Hall–Kier alpha value is -3.92. The Bertz CT molecular complexity index is 1460. The van der Waals surface area contributed by atoms with Crippen LogP contribution < -0.4 is 26.0 Å². The van der Waals surface area contributed by atoms with Gasteiger partial charge in [-0.1, -0.05) is 12.1 Å². The lowest BCUT2D eigenvalue weighted by molar-refractivity contribution is -0.116. The van der Waals surface area contributed by atoms with Gasteiger partial charge in [-0.3, -0.25) is 18.7 Å². The van der Waals surface area contributed by atoms with Gasteiger partial charge in [0.25, 0.3) is 5.56 Å². The molecule has 33 heavy (non-hydrogen) atoms. The first-order valence-electron chi connectivity index (χ1n) is 9.88. The molecule has 0 aliphatic rings. The zero-order valence-electron chi connectivity index (χ0n) is 17.8. The third kappa shape index (κ3) is 4.51. The number of fused-ring (bicyclic) bond motifs is 1. The van der Waals surface area contributed by atoms with E-state index in [1.807, 2.05) is 0 Å².